The maximum Gasteiger partial charge on any atom is 0.261 e. The zero-order valence-corrected chi connectivity index (χ0v) is 13.1. The Morgan fingerprint density at radius 2 is 1.95 bits per heavy atom. The Balaban J connectivity index is 2.36. The highest BCUT2D eigenvalue weighted by Crippen LogP contribution is 2.26. The third-order valence-corrected chi connectivity index (χ3v) is 4.70. The standard InChI is InChI=1S/C13H8BrClN2O2S/c14-12-6-9(8-16)4-5-13(12)17-20(18,19)11-3-1-2-10(15)7-11/h1-7,17H. The fourth-order valence-corrected chi connectivity index (χ4v) is 3.49. The molecule has 0 radical (unpaired) electrons. The van der Waals surface area contributed by atoms with Crippen LogP contribution in [0.1, 0.15) is 5.56 Å². The third-order valence-electron chi connectivity index (χ3n) is 2.45. The summed E-state index contributed by atoms with van der Waals surface area (Å²) in [6, 6.07) is 12.5. The van der Waals surface area contributed by atoms with Crippen molar-refractivity contribution in [3.05, 3.63) is 57.5 Å². The molecule has 2 aromatic carbocycles. The molecule has 20 heavy (non-hydrogen) atoms. The molecule has 0 heterocycles. The molecule has 102 valence electrons. The molecule has 0 saturated heterocycles. The molecular weight excluding hydrogens is 364 g/mol. The summed E-state index contributed by atoms with van der Waals surface area (Å²) in [5, 5.41) is 9.11. The summed E-state index contributed by atoms with van der Waals surface area (Å²) in [5.74, 6) is 0. The van der Waals surface area contributed by atoms with Crippen molar-refractivity contribution >= 4 is 43.2 Å². The molecule has 0 atom stereocenters. The molecule has 0 fully saturated rings. The molecule has 0 saturated carbocycles. The Morgan fingerprint density at radius 1 is 1.20 bits per heavy atom. The fraction of sp³-hybridized carbons (Fsp3) is 0. The van der Waals surface area contributed by atoms with Crippen molar-refractivity contribution in [1.29, 1.82) is 5.26 Å². The van der Waals surface area contributed by atoms with Crippen molar-refractivity contribution in [3.8, 4) is 6.07 Å². The van der Waals surface area contributed by atoms with Crippen molar-refractivity contribution in [2.45, 2.75) is 4.90 Å². The van der Waals surface area contributed by atoms with Gasteiger partial charge in [-0.1, -0.05) is 17.7 Å². The molecular formula is C13H8BrClN2O2S. The van der Waals surface area contributed by atoms with Crippen LogP contribution in [0.15, 0.2) is 51.8 Å². The molecule has 7 heteroatoms. The Labute approximate surface area is 130 Å². The first-order valence-corrected chi connectivity index (χ1v) is 8.06. The number of nitrogens with zero attached hydrogens (tertiary/aromatic N) is 1. The highest BCUT2D eigenvalue weighted by Gasteiger charge is 2.16. The molecule has 0 aliphatic heterocycles. The lowest BCUT2D eigenvalue weighted by atomic mass is 10.2. The van der Waals surface area contributed by atoms with Crippen LogP contribution in [0.2, 0.25) is 5.02 Å². The van der Waals surface area contributed by atoms with Gasteiger partial charge in [-0.2, -0.15) is 5.26 Å². The van der Waals surface area contributed by atoms with E-state index in [0.29, 0.717) is 20.7 Å². The summed E-state index contributed by atoms with van der Waals surface area (Å²) < 4.78 is 27.3. The van der Waals surface area contributed by atoms with Gasteiger partial charge in [-0.25, -0.2) is 8.42 Å². The number of nitrogens with one attached hydrogen (secondary N) is 1. The molecule has 1 N–H and O–H groups in total. The predicted octanol–water partition coefficient (Wildman–Crippen LogP) is 3.77. The summed E-state index contributed by atoms with van der Waals surface area (Å²) in [6.07, 6.45) is 0. The van der Waals surface area contributed by atoms with E-state index in [4.69, 9.17) is 16.9 Å². The SMILES string of the molecule is N#Cc1ccc(NS(=O)(=O)c2cccc(Cl)c2)c(Br)c1. The summed E-state index contributed by atoms with van der Waals surface area (Å²) in [4.78, 5) is 0.0706. The zero-order valence-electron chi connectivity index (χ0n) is 9.97. The van der Waals surface area contributed by atoms with Gasteiger partial charge >= 0.3 is 0 Å². The van der Waals surface area contributed by atoms with E-state index >= 15 is 0 Å². The van der Waals surface area contributed by atoms with Crippen LogP contribution < -0.4 is 4.72 Å². The second-order valence-electron chi connectivity index (χ2n) is 3.87. The normalized spacial score (nSPS) is 10.8. The number of hydrogen-bond acceptors (Lipinski definition) is 3. The maximum absolute atomic E-state index is 12.2. The van der Waals surface area contributed by atoms with Gasteiger partial charge in [0.05, 0.1) is 22.2 Å². The van der Waals surface area contributed by atoms with Crippen LogP contribution in [-0.2, 0) is 10.0 Å². The molecule has 2 aromatic rings. The summed E-state index contributed by atoms with van der Waals surface area (Å²) in [6.45, 7) is 0. The molecule has 2 rings (SSSR count). The minimum Gasteiger partial charge on any atom is -0.278 e. The minimum absolute atomic E-state index is 0.0706. The van der Waals surface area contributed by atoms with Crippen LogP contribution in [0.4, 0.5) is 5.69 Å². The number of nitriles is 1. The Morgan fingerprint density at radius 3 is 2.55 bits per heavy atom. The molecule has 4 nitrogen and oxygen atoms in total. The Kier molecular flexibility index (Phi) is 4.33. The highest BCUT2D eigenvalue weighted by molar-refractivity contribution is 9.10. The number of benzene rings is 2. The van der Waals surface area contributed by atoms with Crippen molar-refractivity contribution in [1.82, 2.24) is 0 Å². The summed E-state index contributed by atoms with van der Waals surface area (Å²) in [5.41, 5.74) is 0.784. The van der Waals surface area contributed by atoms with Crippen molar-refractivity contribution in [2.24, 2.45) is 0 Å². The van der Waals surface area contributed by atoms with E-state index in [-0.39, 0.29) is 4.90 Å². The zero-order chi connectivity index (χ0) is 14.8. The van der Waals surface area contributed by atoms with Crippen LogP contribution in [0, 0.1) is 11.3 Å². The van der Waals surface area contributed by atoms with E-state index in [1.807, 2.05) is 6.07 Å². The van der Waals surface area contributed by atoms with E-state index in [1.54, 1.807) is 12.1 Å². The average Bonchev–Trinajstić information content (AvgIpc) is 2.41. The first-order valence-electron chi connectivity index (χ1n) is 5.40. The number of sulfonamides is 1. The quantitative estimate of drug-likeness (QED) is 0.892. The number of rotatable bonds is 3. The van der Waals surface area contributed by atoms with Crippen LogP contribution >= 0.6 is 27.5 Å². The fourth-order valence-electron chi connectivity index (χ4n) is 1.51. The van der Waals surface area contributed by atoms with Gasteiger partial charge < -0.3 is 0 Å². The molecule has 0 amide bonds. The number of anilines is 1. The second kappa shape index (κ2) is 5.83. The second-order valence-corrected chi connectivity index (χ2v) is 6.84. The minimum atomic E-state index is -3.73. The lowest BCUT2D eigenvalue weighted by Crippen LogP contribution is -2.13. The lowest BCUT2D eigenvalue weighted by molar-refractivity contribution is 0.601. The largest absolute Gasteiger partial charge is 0.278 e. The Bertz CT molecular complexity index is 800. The molecule has 0 aromatic heterocycles. The number of hydrogen-bond donors (Lipinski definition) is 1. The van der Waals surface area contributed by atoms with E-state index in [0.717, 1.165) is 0 Å². The third kappa shape index (κ3) is 3.31. The summed E-state index contributed by atoms with van der Waals surface area (Å²) >= 11 is 9.01. The molecule has 0 aliphatic rings. The van der Waals surface area contributed by atoms with E-state index in [2.05, 4.69) is 20.7 Å². The molecule has 0 bridgehead atoms. The van der Waals surface area contributed by atoms with E-state index in [1.165, 1.54) is 30.3 Å². The first-order chi connectivity index (χ1) is 9.42. The number of halogens is 2. The monoisotopic (exact) mass is 370 g/mol. The molecule has 0 spiro atoms. The van der Waals surface area contributed by atoms with Gasteiger partial charge in [0.25, 0.3) is 10.0 Å². The van der Waals surface area contributed by atoms with Gasteiger partial charge in [0.1, 0.15) is 0 Å². The predicted molar refractivity (Wildman–Crippen MR) is 81.1 cm³/mol. The Hall–Kier alpha value is -1.55. The van der Waals surface area contributed by atoms with Gasteiger partial charge in [-0.05, 0) is 52.3 Å². The van der Waals surface area contributed by atoms with Gasteiger partial charge in [0.2, 0.25) is 0 Å². The van der Waals surface area contributed by atoms with E-state index in [9.17, 15) is 8.42 Å². The van der Waals surface area contributed by atoms with Gasteiger partial charge in [0.15, 0.2) is 0 Å². The average molecular weight is 372 g/mol. The van der Waals surface area contributed by atoms with Crippen LogP contribution in [0.3, 0.4) is 0 Å². The molecule has 0 unspecified atom stereocenters. The smallest absolute Gasteiger partial charge is 0.261 e. The van der Waals surface area contributed by atoms with Crippen molar-refractivity contribution < 1.29 is 8.42 Å². The van der Waals surface area contributed by atoms with Crippen LogP contribution in [0.25, 0.3) is 0 Å². The topological polar surface area (TPSA) is 70.0 Å². The van der Waals surface area contributed by atoms with Gasteiger partial charge in [-0.15, -0.1) is 0 Å². The highest BCUT2D eigenvalue weighted by atomic mass is 79.9. The van der Waals surface area contributed by atoms with Crippen molar-refractivity contribution in [2.75, 3.05) is 4.72 Å². The van der Waals surface area contributed by atoms with Crippen LogP contribution in [-0.4, -0.2) is 8.42 Å². The van der Waals surface area contributed by atoms with Crippen molar-refractivity contribution in [3.63, 3.8) is 0 Å². The van der Waals surface area contributed by atoms with Gasteiger partial charge in [0, 0.05) is 9.50 Å². The van der Waals surface area contributed by atoms with Crippen LogP contribution in [0.5, 0.6) is 0 Å². The van der Waals surface area contributed by atoms with Gasteiger partial charge in [-0.3, -0.25) is 4.72 Å². The summed E-state index contributed by atoms with van der Waals surface area (Å²) in [7, 11) is -3.73. The molecule has 0 aliphatic carbocycles. The maximum atomic E-state index is 12.2. The first kappa shape index (κ1) is 14.9. The van der Waals surface area contributed by atoms with E-state index < -0.39 is 10.0 Å². The lowest BCUT2D eigenvalue weighted by Gasteiger charge is -2.10.